The van der Waals surface area contributed by atoms with E-state index in [9.17, 15) is 9.18 Å². The number of aromatic nitrogens is 3. The van der Waals surface area contributed by atoms with Gasteiger partial charge in [-0.05, 0) is 12.1 Å². The smallest absolute Gasteiger partial charge is 0.254 e. The molecule has 0 radical (unpaired) electrons. The van der Waals surface area contributed by atoms with E-state index in [2.05, 4.69) is 15.4 Å². The SMILES string of the molecule is Cn1nccc1CCNC(=O)c1ccncc1F. The Morgan fingerprint density at radius 1 is 1.44 bits per heavy atom. The van der Waals surface area contributed by atoms with Gasteiger partial charge in [0, 0.05) is 38.1 Å². The van der Waals surface area contributed by atoms with Crippen LogP contribution in [0.25, 0.3) is 0 Å². The van der Waals surface area contributed by atoms with Crippen LogP contribution in [-0.2, 0) is 13.5 Å². The summed E-state index contributed by atoms with van der Waals surface area (Å²) < 4.78 is 15.0. The van der Waals surface area contributed by atoms with E-state index in [0.717, 1.165) is 11.9 Å². The monoisotopic (exact) mass is 248 g/mol. The lowest BCUT2D eigenvalue weighted by Gasteiger charge is -2.06. The molecule has 0 aliphatic heterocycles. The normalized spacial score (nSPS) is 10.3. The fraction of sp³-hybridized carbons (Fsp3) is 0.250. The minimum Gasteiger partial charge on any atom is -0.352 e. The quantitative estimate of drug-likeness (QED) is 0.875. The minimum absolute atomic E-state index is 0.00926. The number of amides is 1. The highest BCUT2D eigenvalue weighted by molar-refractivity contribution is 5.94. The molecule has 0 aromatic carbocycles. The van der Waals surface area contributed by atoms with Crippen LogP contribution in [0.4, 0.5) is 4.39 Å². The molecule has 2 heterocycles. The maximum absolute atomic E-state index is 13.3. The zero-order chi connectivity index (χ0) is 13.0. The highest BCUT2D eigenvalue weighted by Gasteiger charge is 2.10. The Balaban J connectivity index is 1.90. The van der Waals surface area contributed by atoms with Gasteiger partial charge in [-0.25, -0.2) is 4.39 Å². The van der Waals surface area contributed by atoms with Crippen LogP contribution < -0.4 is 5.32 Å². The van der Waals surface area contributed by atoms with Gasteiger partial charge in [-0.3, -0.25) is 14.5 Å². The Morgan fingerprint density at radius 2 is 2.28 bits per heavy atom. The van der Waals surface area contributed by atoms with Crippen molar-refractivity contribution >= 4 is 5.91 Å². The van der Waals surface area contributed by atoms with Crippen molar-refractivity contribution in [3.8, 4) is 0 Å². The predicted octanol–water partition coefficient (Wildman–Crippen LogP) is 0.927. The van der Waals surface area contributed by atoms with Gasteiger partial charge >= 0.3 is 0 Å². The fourth-order valence-corrected chi connectivity index (χ4v) is 1.61. The van der Waals surface area contributed by atoms with Gasteiger partial charge in [0.2, 0.25) is 0 Å². The Hall–Kier alpha value is -2.24. The van der Waals surface area contributed by atoms with E-state index in [0.29, 0.717) is 13.0 Å². The second-order valence-corrected chi connectivity index (χ2v) is 3.81. The number of carbonyl (C=O) groups is 1. The van der Waals surface area contributed by atoms with E-state index in [1.54, 1.807) is 10.9 Å². The van der Waals surface area contributed by atoms with Gasteiger partial charge in [-0.15, -0.1) is 0 Å². The summed E-state index contributed by atoms with van der Waals surface area (Å²) in [6.45, 7) is 0.431. The Morgan fingerprint density at radius 3 is 2.94 bits per heavy atom. The summed E-state index contributed by atoms with van der Waals surface area (Å²) in [5, 5.41) is 6.68. The molecule has 0 saturated heterocycles. The van der Waals surface area contributed by atoms with Crippen LogP contribution in [0.5, 0.6) is 0 Å². The molecule has 5 nitrogen and oxygen atoms in total. The molecule has 0 atom stereocenters. The lowest BCUT2D eigenvalue weighted by Crippen LogP contribution is -2.27. The molecule has 2 rings (SSSR count). The van der Waals surface area contributed by atoms with Gasteiger partial charge in [0.1, 0.15) is 0 Å². The number of nitrogens with zero attached hydrogens (tertiary/aromatic N) is 3. The summed E-state index contributed by atoms with van der Waals surface area (Å²) in [4.78, 5) is 15.3. The lowest BCUT2D eigenvalue weighted by atomic mass is 10.2. The first-order valence-corrected chi connectivity index (χ1v) is 5.53. The van der Waals surface area contributed by atoms with E-state index in [1.165, 1.54) is 12.3 Å². The van der Waals surface area contributed by atoms with Crippen LogP contribution in [0.2, 0.25) is 0 Å². The number of nitrogens with one attached hydrogen (secondary N) is 1. The second-order valence-electron chi connectivity index (χ2n) is 3.81. The van der Waals surface area contributed by atoms with Crippen molar-refractivity contribution < 1.29 is 9.18 Å². The summed E-state index contributed by atoms with van der Waals surface area (Å²) in [7, 11) is 1.83. The number of pyridine rings is 1. The van der Waals surface area contributed by atoms with E-state index in [-0.39, 0.29) is 5.56 Å². The number of halogens is 1. The van der Waals surface area contributed by atoms with Crippen LogP contribution in [-0.4, -0.2) is 27.2 Å². The first-order chi connectivity index (χ1) is 8.68. The third-order valence-corrected chi connectivity index (χ3v) is 2.61. The van der Waals surface area contributed by atoms with Crippen LogP contribution in [0.15, 0.2) is 30.7 Å². The molecular weight excluding hydrogens is 235 g/mol. The molecule has 2 aromatic heterocycles. The highest BCUT2D eigenvalue weighted by atomic mass is 19.1. The zero-order valence-electron chi connectivity index (χ0n) is 9.93. The van der Waals surface area contributed by atoms with Crippen molar-refractivity contribution in [1.29, 1.82) is 0 Å². The Bertz CT molecular complexity index is 553. The second kappa shape index (κ2) is 5.39. The molecule has 1 N–H and O–H groups in total. The van der Waals surface area contributed by atoms with Gasteiger partial charge in [0.05, 0.1) is 11.8 Å². The standard InChI is InChI=1S/C12H13FN4O/c1-17-9(3-7-16-17)2-6-15-12(18)10-4-5-14-8-11(10)13/h3-5,7-8H,2,6H2,1H3,(H,15,18). The van der Waals surface area contributed by atoms with Gasteiger partial charge in [-0.2, -0.15) is 5.10 Å². The van der Waals surface area contributed by atoms with Crippen molar-refractivity contribution in [3.63, 3.8) is 0 Å². The average molecular weight is 248 g/mol. The zero-order valence-corrected chi connectivity index (χ0v) is 9.93. The third kappa shape index (κ3) is 2.71. The number of hydrogen-bond donors (Lipinski definition) is 1. The molecule has 0 fully saturated rings. The number of aryl methyl sites for hydroxylation is 1. The molecule has 0 spiro atoms. The molecule has 6 heteroatoms. The van der Waals surface area contributed by atoms with E-state index < -0.39 is 11.7 Å². The summed E-state index contributed by atoms with van der Waals surface area (Å²) >= 11 is 0. The van der Waals surface area contributed by atoms with Crippen molar-refractivity contribution in [2.24, 2.45) is 7.05 Å². The molecule has 2 aromatic rings. The van der Waals surface area contributed by atoms with Gasteiger partial charge in [0.15, 0.2) is 5.82 Å². The topological polar surface area (TPSA) is 59.8 Å². The summed E-state index contributed by atoms with van der Waals surface area (Å²) in [6.07, 6.45) is 4.75. The van der Waals surface area contributed by atoms with Crippen LogP contribution in [0.1, 0.15) is 16.1 Å². The average Bonchev–Trinajstić information content (AvgIpc) is 2.75. The Labute approximate surface area is 104 Å². The molecular formula is C12H13FN4O. The van der Waals surface area contributed by atoms with E-state index in [4.69, 9.17) is 0 Å². The highest BCUT2D eigenvalue weighted by Crippen LogP contribution is 2.04. The van der Waals surface area contributed by atoms with Crippen molar-refractivity contribution in [2.45, 2.75) is 6.42 Å². The summed E-state index contributed by atoms with van der Waals surface area (Å²) in [5.41, 5.74) is 1.01. The molecule has 18 heavy (non-hydrogen) atoms. The van der Waals surface area contributed by atoms with Crippen LogP contribution >= 0.6 is 0 Å². The molecule has 0 aliphatic rings. The minimum atomic E-state index is -0.615. The van der Waals surface area contributed by atoms with E-state index in [1.807, 2.05) is 13.1 Å². The first kappa shape index (κ1) is 12.2. The molecule has 1 amide bonds. The largest absolute Gasteiger partial charge is 0.352 e. The van der Waals surface area contributed by atoms with Crippen molar-refractivity contribution in [3.05, 3.63) is 47.8 Å². The maximum atomic E-state index is 13.3. The summed E-state index contributed by atoms with van der Waals surface area (Å²) in [6, 6.07) is 3.23. The molecule has 94 valence electrons. The summed E-state index contributed by atoms with van der Waals surface area (Å²) in [5.74, 6) is -1.05. The molecule has 0 bridgehead atoms. The number of rotatable bonds is 4. The predicted molar refractivity (Wildman–Crippen MR) is 63.4 cm³/mol. The van der Waals surface area contributed by atoms with Gasteiger partial charge in [0.25, 0.3) is 5.91 Å². The molecule has 0 unspecified atom stereocenters. The van der Waals surface area contributed by atoms with Crippen molar-refractivity contribution in [1.82, 2.24) is 20.1 Å². The van der Waals surface area contributed by atoms with Gasteiger partial charge < -0.3 is 5.32 Å². The number of carbonyl (C=O) groups excluding carboxylic acids is 1. The first-order valence-electron chi connectivity index (χ1n) is 5.53. The molecule has 0 saturated carbocycles. The van der Waals surface area contributed by atoms with Crippen LogP contribution in [0, 0.1) is 5.82 Å². The third-order valence-electron chi connectivity index (χ3n) is 2.61. The number of hydrogen-bond acceptors (Lipinski definition) is 3. The maximum Gasteiger partial charge on any atom is 0.254 e. The van der Waals surface area contributed by atoms with Crippen molar-refractivity contribution in [2.75, 3.05) is 6.54 Å². The van der Waals surface area contributed by atoms with Crippen LogP contribution in [0.3, 0.4) is 0 Å². The van der Waals surface area contributed by atoms with Gasteiger partial charge in [-0.1, -0.05) is 0 Å². The lowest BCUT2D eigenvalue weighted by molar-refractivity contribution is 0.0949. The van der Waals surface area contributed by atoms with E-state index >= 15 is 0 Å². The molecule has 0 aliphatic carbocycles. The fourth-order valence-electron chi connectivity index (χ4n) is 1.61. The Kier molecular flexibility index (Phi) is 3.66.